The highest BCUT2D eigenvalue weighted by molar-refractivity contribution is 6.29. The van der Waals surface area contributed by atoms with Gasteiger partial charge in [0.15, 0.2) is 0 Å². The second-order valence-corrected chi connectivity index (χ2v) is 6.22. The largest absolute Gasteiger partial charge is 0.313 e. The summed E-state index contributed by atoms with van der Waals surface area (Å²) in [6.45, 7) is 8.78. The number of rotatable bonds is 6. The minimum Gasteiger partial charge on any atom is -0.313 e. The van der Waals surface area contributed by atoms with Crippen molar-refractivity contribution < 1.29 is 0 Å². The molecule has 1 fully saturated rings. The fourth-order valence-electron chi connectivity index (χ4n) is 2.71. The Bertz CT molecular complexity index is 389. The molecular weight excluding hydrogens is 258 g/mol. The molecular formula is C15H24ClN3. The van der Waals surface area contributed by atoms with Crippen molar-refractivity contribution in [3.63, 3.8) is 0 Å². The molecule has 106 valence electrons. The SMILES string of the molecule is CC(C)CN(Cc1cccc(Cl)n1)CC1CCCN1. The predicted molar refractivity (Wildman–Crippen MR) is 80.4 cm³/mol. The van der Waals surface area contributed by atoms with Crippen LogP contribution in [0.3, 0.4) is 0 Å². The van der Waals surface area contributed by atoms with E-state index in [0.29, 0.717) is 17.1 Å². The molecule has 1 unspecified atom stereocenters. The van der Waals surface area contributed by atoms with Gasteiger partial charge in [-0.05, 0) is 37.4 Å². The van der Waals surface area contributed by atoms with Crippen LogP contribution in [0.1, 0.15) is 32.4 Å². The maximum Gasteiger partial charge on any atom is 0.129 e. The minimum atomic E-state index is 0.584. The molecule has 1 aromatic heterocycles. The van der Waals surface area contributed by atoms with E-state index in [1.54, 1.807) is 0 Å². The molecule has 4 heteroatoms. The van der Waals surface area contributed by atoms with Crippen LogP contribution in [0.25, 0.3) is 0 Å². The third-order valence-corrected chi connectivity index (χ3v) is 3.63. The van der Waals surface area contributed by atoms with E-state index < -0.39 is 0 Å². The van der Waals surface area contributed by atoms with Crippen LogP contribution in [-0.2, 0) is 6.54 Å². The Morgan fingerprint density at radius 3 is 2.95 bits per heavy atom. The maximum atomic E-state index is 5.96. The van der Waals surface area contributed by atoms with Gasteiger partial charge in [-0.2, -0.15) is 0 Å². The lowest BCUT2D eigenvalue weighted by Crippen LogP contribution is -2.39. The summed E-state index contributed by atoms with van der Waals surface area (Å²) in [7, 11) is 0. The number of aromatic nitrogens is 1. The van der Waals surface area contributed by atoms with Gasteiger partial charge in [-0.3, -0.25) is 4.90 Å². The number of halogens is 1. The molecule has 0 bridgehead atoms. The van der Waals surface area contributed by atoms with Gasteiger partial charge < -0.3 is 5.32 Å². The van der Waals surface area contributed by atoms with E-state index in [9.17, 15) is 0 Å². The molecule has 0 aromatic carbocycles. The van der Waals surface area contributed by atoms with Gasteiger partial charge in [-0.1, -0.05) is 31.5 Å². The zero-order chi connectivity index (χ0) is 13.7. The monoisotopic (exact) mass is 281 g/mol. The molecule has 0 saturated carbocycles. The Hall–Kier alpha value is -0.640. The Kier molecular flexibility index (Phi) is 5.61. The summed E-state index contributed by atoms with van der Waals surface area (Å²) in [5.41, 5.74) is 1.06. The van der Waals surface area contributed by atoms with E-state index in [4.69, 9.17) is 11.6 Å². The van der Waals surface area contributed by atoms with E-state index in [-0.39, 0.29) is 0 Å². The lowest BCUT2D eigenvalue weighted by atomic mass is 10.1. The average molecular weight is 282 g/mol. The van der Waals surface area contributed by atoms with Gasteiger partial charge >= 0.3 is 0 Å². The number of nitrogens with zero attached hydrogens (tertiary/aromatic N) is 2. The van der Waals surface area contributed by atoms with Crippen molar-refractivity contribution in [3.05, 3.63) is 29.0 Å². The molecule has 0 spiro atoms. The lowest BCUT2D eigenvalue weighted by Gasteiger charge is -2.27. The molecule has 1 aliphatic rings. The minimum absolute atomic E-state index is 0.584. The van der Waals surface area contributed by atoms with Gasteiger partial charge in [0.1, 0.15) is 5.15 Å². The quantitative estimate of drug-likeness (QED) is 0.813. The van der Waals surface area contributed by atoms with E-state index in [1.165, 1.54) is 12.8 Å². The fraction of sp³-hybridized carbons (Fsp3) is 0.667. The summed E-state index contributed by atoms with van der Waals surface area (Å²) in [4.78, 5) is 6.89. The second kappa shape index (κ2) is 7.22. The molecule has 1 aromatic rings. The molecule has 2 heterocycles. The Morgan fingerprint density at radius 2 is 2.32 bits per heavy atom. The zero-order valence-electron chi connectivity index (χ0n) is 11.9. The van der Waals surface area contributed by atoms with Gasteiger partial charge in [-0.25, -0.2) is 4.98 Å². The number of hydrogen-bond donors (Lipinski definition) is 1. The molecule has 1 atom stereocenters. The molecule has 2 rings (SSSR count). The van der Waals surface area contributed by atoms with Crippen LogP contribution >= 0.6 is 11.6 Å². The highest BCUT2D eigenvalue weighted by Gasteiger charge is 2.19. The Balaban J connectivity index is 1.96. The molecule has 1 N–H and O–H groups in total. The van der Waals surface area contributed by atoms with Crippen LogP contribution in [-0.4, -0.2) is 35.6 Å². The van der Waals surface area contributed by atoms with Gasteiger partial charge in [-0.15, -0.1) is 0 Å². The van der Waals surface area contributed by atoms with Crippen molar-refractivity contribution in [2.45, 2.75) is 39.3 Å². The molecule has 0 radical (unpaired) electrons. The molecule has 0 aliphatic carbocycles. The average Bonchev–Trinajstić information content (AvgIpc) is 2.80. The van der Waals surface area contributed by atoms with Crippen molar-refractivity contribution in [2.75, 3.05) is 19.6 Å². The molecule has 1 saturated heterocycles. The normalized spacial score (nSPS) is 19.5. The fourth-order valence-corrected chi connectivity index (χ4v) is 2.89. The molecule has 0 amide bonds. The zero-order valence-corrected chi connectivity index (χ0v) is 12.7. The van der Waals surface area contributed by atoms with E-state index >= 15 is 0 Å². The maximum absolute atomic E-state index is 5.96. The van der Waals surface area contributed by atoms with Crippen molar-refractivity contribution >= 4 is 11.6 Å². The summed E-state index contributed by atoms with van der Waals surface area (Å²) in [5.74, 6) is 0.667. The topological polar surface area (TPSA) is 28.2 Å². The third-order valence-electron chi connectivity index (χ3n) is 3.42. The summed E-state index contributed by atoms with van der Waals surface area (Å²) < 4.78 is 0. The van der Waals surface area contributed by atoms with Crippen LogP contribution < -0.4 is 5.32 Å². The summed E-state index contributed by atoms with van der Waals surface area (Å²) in [6.07, 6.45) is 2.59. The van der Waals surface area contributed by atoms with Gasteiger partial charge in [0.25, 0.3) is 0 Å². The van der Waals surface area contributed by atoms with Crippen molar-refractivity contribution in [3.8, 4) is 0 Å². The highest BCUT2D eigenvalue weighted by Crippen LogP contribution is 2.13. The summed E-state index contributed by atoms with van der Waals surface area (Å²) in [6, 6.07) is 6.50. The van der Waals surface area contributed by atoms with Crippen LogP contribution in [0, 0.1) is 5.92 Å². The van der Waals surface area contributed by atoms with Gasteiger partial charge in [0.2, 0.25) is 0 Å². The van der Waals surface area contributed by atoms with Crippen LogP contribution in [0.15, 0.2) is 18.2 Å². The van der Waals surface area contributed by atoms with E-state index in [0.717, 1.165) is 31.9 Å². The lowest BCUT2D eigenvalue weighted by molar-refractivity contribution is 0.214. The van der Waals surface area contributed by atoms with Crippen LogP contribution in [0.4, 0.5) is 0 Å². The summed E-state index contributed by atoms with van der Waals surface area (Å²) in [5, 5.41) is 4.15. The smallest absolute Gasteiger partial charge is 0.129 e. The first-order valence-corrected chi connectivity index (χ1v) is 7.58. The molecule has 1 aliphatic heterocycles. The molecule has 19 heavy (non-hydrogen) atoms. The van der Waals surface area contributed by atoms with E-state index in [1.807, 2.05) is 12.1 Å². The first-order valence-electron chi connectivity index (χ1n) is 7.20. The highest BCUT2D eigenvalue weighted by atomic mass is 35.5. The van der Waals surface area contributed by atoms with Gasteiger partial charge in [0.05, 0.1) is 5.69 Å². The third kappa shape index (κ3) is 5.09. The summed E-state index contributed by atoms with van der Waals surface area (Å²) >= 11 is 5.96. The Labute approximate surface area is 121 Å². The first-order chi connectivity index (χ1) is 9.13. The number of nitrogens with one attached hydrogen (secondary N) is 1. The van der Waals surface area contributed by atoms with Crippen molar-refractivity contribution in [1.82, 2.24) is 15.2 Å². The first kappa shape index (κ1) is 14.8. The number of pyridine rings is 1. The standard InChI is InChI=1S/C15H24ClN3/c1-12(2)9-19(10-13-6-4-8-17-13)11-14-5-3-7-15(16)18-14/h3,5,7,12-13,17H,4,6,8-11H2,1-2H3. The predicted octanol–water partition coefficient (Wildman–Crippen LogP) is 2.95. The van der Waals surface area contributed by atoms with Crippen LogP contribution in [0.2, 0.25) is 5.15 Å². The van der Waals surface area contributed by atoms with E-state index in [2.05, 4.69) is 35.1 Å². The van der Waals surface area contributed by atoms with Crippen molar-refractivity contribution in [1.29, 1.82) is 0 Å². The second-order valence-electron chi connectivity index (χ2n) is 5.83. The van der Waals surface area contributed by atoms with Gasteiger partial charge in [0, 0.05) is 25.7 Å². The van der Waals surface area contributed by atoms with Crippen molar-refractivity contribution in [2.24, 2.45) is 5.92 Å². The molecule has 3 nitrogen and oxygen atoms in total. The Morgan fingerprint density at radius 1 is 1.47 bits per heavy atom. The van der Waals surface area contributed by atoms with Crippen LogP contribution in [0.5, 0.6) is 0 Å². The number of hydrogen-bond acceptors (Lipinski definition) is 3.